The highest BCUT2D eigenvalue weighted by molar-refractivity contribution is 6.02. The maximum Gasteiger partial charge on any atom is 0.123 e. The van der Waals surface area contributed by atoms with Gasteiger partial charge in [-0.25, -0.2) is 0 Å². The van der Waals surface area contributed by atoms with E-state index < -0.39 is 0 Å². The van der Waals surface area contributed by atoms with Crippen molar-refractivity contribution in [2.75, 3.05) is 12.4 Å². The highest BCUT2D eigenvalue weighted by Gasteiger charge is 2.40. The van der Waals surface area contributed by atoms with Gasteiger partial charge in [0.15, 0.2) is 0 Å². The van der Waals surface area contributed by atoms with Crippen LogP contribution in [0.1, 0.15) is 43.2 Å². The maximum atomic E-state index is 5.49. The van der Waals surface area contributed by atoms with E-state index in [-0.39, 0.29) is 5.41 Å². The number of ether oxygens (including phenoxy) is 1. The maximum absolute atomic E-state index is 5.49. The zero-order valence-electron chi connectivity index (χ0n) is 14.9. The van der Waals surface area contributed by atoms with Crippen LogP contribution in [0.15, 0.2) is 53.5 Å². The summed E-state index contributed by atoms with van der Waals surface area (Å²) in [6, 6.07) is 16.9. The van der Waals surface area contributed by atoms with Gasteiger partial charge in [0, 0.05) is 16.7 Å². The first kappa shape index (κ1) is 16.2. The Bertz CT molecular complexity index is 775. The molecule has 1 aliphatic heterocycles. The number of hydrogen-bond donors (Lipinski definition) is 1. The quantitative estimate of drug-likeness (QED) is 0.835. The summed E-state index contributed by atoms with van der Waals surface area (Å²) in [4.78, 5) is 5.06. The number of amidine groups is 1. The summed E-state index contributed by atoms with van der Waals surface area (Å²) in [5, 5.41) is 3.67. The molecule has 0 bridgehead atoms. The number of rotatable bonds is 3. The van der Waals surface area contributed by atoms with Crippen molar-refractivity contribution in [3.63, 3.8) is 0 Å². The predicted octanol–water partition coefficient (Wildman–Crippen LogP) is 5.21. The predicted molar refractivity (Wildman–Crippen MR) is 103 cm³/mol. The number of benzene rings is 2. The number of anilines is 1. The van der Waals surface area contributed by atoms with Crippen LogP contribution in [0.25, 0.3) is 0 Å². The molecule has 3 heteroatoms. The number of hydrogen-bond acceptors (Lipinski definition) is 2. The molecule has 25 heavy (non-hydrogen) atoms. The zero-order chi connectivity index (χ0) is 17.1. The van der Waals surface area contributed by atoms with Gasteiger partial charge in [-0.05, 0) is 37.0 Å². The molecule has 0 amide bonds. The number of nitrogens with zero attached hydrogens (tertiary/aromatic N) is 1. The monoisotopic (exact) mass is 334 g/mol. The van der Waals surface area contributed by atoms with Crippen molar-refractivity contribution in [3.8, 4) is 5.75 Å². The van der Waals surface area contributed by atoms with E-state index in [1.54, 1.807) is 7.11 Å². The molecule has 1 saturated carbocycles. The van der Waals surface area contributed by atoms with Crippen LogP contribution in [-0.4, -0.2) is 12.9 Å². The van der Waals surface area contributed by atoms with Gasteiger partial charge in [0.2, 0.25) is 0 Å². The summed E-state index contributed by atoms with van der Waals surface area (Å²) in [5.41, 5.74) is 3.98. The van der Waals surface area contributed by atoms with Gasteiger partial charge in [0.05, 0.1) is 13.7 Å². The minimum Gasteiger partial charge on any atom is -0.496 e. The summed E-state index contributed by atoms with van der Waals surface area (Å²) in [6.07, 6.45) is 7.54. The lowest BCUT2D eigenvalue weighted by molar-refractivity contribution is 0.278. The lowest BCUT2D eigenvalue weighted by Crippen LogP contribution is -2.43. The van der Waals surface area contributed by atoms with E-state index in [0.29, 0.717) is 6.54 Å². The molecule has 1 fully saturated rings. The number of nitrogens with one attached hydrogen (secondary N) is 1. The molecule has 3 nitrogen and oxygen atoms in total. The third kappa shape index (κ3) is 3.15. The third-order valence-electron chi connectivity index (χ3n) is 5.71. The highest BCUT2D eigenvalue weighted by atomic mass is 16.5. The summed E-state index contributed by atoms with van der Waals surface area (Å²) >= 11 is 0. The van der Waals surface area contributed by atoms with Crippen molar-refractivity contribution in [1.29, 1.82) is 0 Å². The summed E-state index contributed by atoms with van der Waals surface area (Å²) in [5.74, 6) is 2.09. The van der Waals surface area contributed by atoms with Crippen LogP contribution in [0.2, 0.25) is 0 Å². The molecule has 0 unspecified atom stereocenters. The minimum atomic E-state index is 0.189. The lowest BCUT2D eigenvalue weighted by Gasteiger charge is -2.42. The fourth-order valence-corrected chi connectivity index (χ4v) is 4.35. The average molecular weight is 334 g/mol. The average Bonchev–Trinajstić information content (AvgIpc) is 2.67. The first-order valence-electron chi connectivity index (χ1n) is 9.32. The van der Waals surface area contributed by atoms with Gasteiger partial charge in [0.1, 0.15) is 11.6 Å². The van der Waals surface area contributed by atoms with Gasteiger partial charge >= 0.3 is 0 Å². The first-order valence-corrected chi connectivity index (χ1v) is 9.32. The van der Waals surface area contributed by atoms with Crippen molar-refractivity contribution in [2.24, 2.45) is 10.4 Å². The standard InChI is InChI=1S/C22H26N2O/c1-25-20-12-6-4-10-18(20)16-23-21-22(13-7-2-8-14-22)15-17-9-3-5-11-19(17)24-21/h3-6,9-12H,2,7-8,13-16H2,1H3,(H,23,24). The Labute approximate surface area is 150 Å². The number of fused-ring (bicyclic) bond motifs is 1. The van der Waals surface area contributed by atoms with Crippen molar-refractivity contribution in [3.05, 3.63) is 59.7 Å². The van der Waals surface area contributed by atoms with Crippen molar-refractivity contribution in [2.45, 2.75) is 45.1 Å². The Hall–Kier alpha value is -2.29. The van der Waals surface area contributed by atoms with Gasteiger partial charge < -0.3 is 10.1 Å². The topological polar surface area (TPSA) is 33.6 Å². The molecular formula is C22H26N2O. The van der Waals surface area contributed by atoms with Crippen molar-refractivity contribution < 1.29 is 4.74 Å². The Balaban J connectivity index is 1.67. The van der Waals surface area contributed by atoms with Crippen LogP contribution in [0, 0.1) is 5.41 Å². The second kappa shape index (κ2) is 6.91. The summed E-state index contributed by atoms with van der Waals surface area (Å²) in [6.45, 7) is 0.663. The van der Waals surface area contributed by atoms with E-state index in [2.05, 4.69) is 41.7 Å². The molecule has 130 valence electrons. The molecule has 1 heterocycles. The molecule has 0 saturated heterocycles. The van der Waals surface area contributed by atoms with Crippen LogP contribution in [0.3, 0.4) is 0 Å². The second-order valence-corrected chi connectivity index (χ2v) is 7.28. The van der Waals surface area contributed by atoms with Gasteiger partial charge in [0.25, 0.3) is 0 Å². The molecule has 1 aliphatic carbocycles. The van der Waals surface area contributed by atoms with Gasteiger partial charge in [-0.3, -0.25) is 4.99 Å². The Morgan fingerprint density at radius 2 is 1.76 bits per heavy atom. The van der Waals surface area contributed by atoms with Crippen LogP contribution in [0.5, 0.6) is 5.75 Å². The Kier molecular flexibility index (Phi) is 4.48. The minimum absolute atomic E-state index is 0.189. The Morgan fingerprint density at radius 1 is 1.00 bits per heavy atom. The lowest BCUT2D eigenvalue weighted by atomic mass is 9.67. The molecule has 4 rings (SSSR count). The van der Waals surface area contributed by atoms with Crippen LogP contribution >= 0.6 is 0 Å². The SMILES string of the molecule is COc1ccccc1CN=C1Nc2ccccc2CC12CCCCC2. The van der Waals surface area contributed by atoms with Gasteiger partial charge in [-0.2, -0.15) is 0 Å². The van der Waals surface area contributed by atoms with Crippen molar-refractivity contribution in [1.82, 2.24) is 0 Å². The fraction of sp³-hybridized carbons (Fsp3) is 0.409. The molecule has 0 atom stereocenters. The van der Waals surface area contributed by atoms with E-state index in [4.69, 9.17) is 9.73 Å². The van der Waals surface area contributed by atoms with E-state index in [0.717, 1.165) is 17.7 Å². The van der Waals surface area contributed by atoms with Gasteiger partial charge in [-0.15, -0.1) is 0 Å². The first-order chi connectivity index (χ1) is 12.3. The van der Waals surface area contributed by atoms with Crippen LogP contribution < -0.4 is 10.1 Å². The summed E-state index contributed by atoms with van der Waals surface area (Å²) < 4.78 is 5.49. The Morgan fingerprint density at radius 3 is 2.60 bits per heavy atom. The zero-order valence-corrected chi connectivity index (χ0v) is 14.9. The molecule has 1 spiro atoms. The normalized spacial score (nSPS) is 20.1. The van der Waals surface area contributed by atoms with Gasteiger partial charge in [-0.1, -0.05) is 55.7 Å². The van der Waals surface area contributed by atoms with Crippen LogP contribution in [-0.2, 0) is 13.0 Å². The molecule has 2 aliphatic rings. The van der Waals surface area contributed by atoms with E-state index >= 15 is 0 Å². The molecule has 0 radical (unpaired) electrons. The molecule has 0 aromatic heterocycles. The smallest absolute Gasteiger partial charge is 0.123 e. The second-order valence-electron chi connectivity index (χ2n) is 7.28. The van der Waals surface area contributed by atoms with Crippen molar-refractivity contribution >= 4 is 11.5 Å². The van der Waals surface area contributed by atoms with E-state index in [1.807, 2.05) is 12.1 Å². The number of methoxy groups -OCH3 is 1. The number of para-hydroxylation sites is 2. The number of aliphatic imine (C=N–C) groups is 1. The van der Waals surface area contributed by atoms with E-state index in [9.17, 15) is 0 Å². The molecule has 1 N–H and O–H groups in total. The molecule has 2 aromatic carbocycles. The van der Waals surface area contributed by atoms with Crippen LogP contribution in [0.4, 0.5) is 5.69 Å². The van der Waals surface area contributed by atoms with E-state index in [1.165, 1.54) is 49.2 Å². The third-order valence-corrected chi connectivity index (χ3v) is 5.71. The molecule has 2 aromatic rings. The summed E-state index contributed by atoms with van der Waals surface area (Å²) in [7, 11) is 1.73. The highest BCUT2D eigenvalue weighted by Crippen LogP contribution is 2.45. The largest absolute Gasteiger partial charge is 0.496 e. The molecular weight excluding hydrogens is 308 g/mol. The fourth-order valence-electron chi connectivity index (χ4n) is 4.35.